The predicted octanol–water partition coefficient (Wildman–Crippen LogP) is 2.85. The number of rotatable bonds is 7. The molecular formula is C22H25BrN4O4. The molecule has 0 bridgehead atoms. The number of nitrogens with zero attached hydrogens (tertiary/aromatic N) is 2. The summed E-state index contributed by atoms with van der Waals surface area (Å²) in [5.41, 5.74) is 0.397. The van der Waals surface area contributed by atoms with Crippen LogP contribution < -0.4 is 15.4 Å². The van der Waals surface area contributed by atoms with E-state index in [1.54, 1.807) is 41.4 Å². The third kappa shape index (κ3) is 6.27. The van der Waals surface area contributed by atoms with Gasteiger partial charge in [0, 0.05) is 29.7 Å². The number of piperidine rings is 1. The number of carbonyl (C=O) groups excluding carboxylic acids is 3. The second-order valence-electron chi connectivity index (χ2n) is 7.12. The number of nitrogens with one attached hydrogen (secondary N) is 2. The van der Waals surface area contributed by atoms with Gasteiger partial charge in [-0.15, -0.1) is 0 Å². The van der Waals surface area contributed by atoms with Crippen LogP contribution in [0, 0.1) is 5.92 Å². The van der Waals surface area contributed by atoms with Crippen molar-refractivity contribution < 1.29 is 19.1 Å². The molecule has 31 heavy (non-hydrogen) atoms. The number of para-hydroxylation sites is 1. The zero-order chi connectivity index (χ0) is 22.2. The number of carbonyl (C=O) groups is 3. The van der Waals surface area contributed by atoms with Gasteiger partial charge in [0.15, 0.2) is 0 Å². The minimum Gasteiger partial charge on any atom is -0.493 e. The summed E-state index contributed by atoms with van der Waals surface area (Å²) < 4.78 is 6.30. The molecule has 1 aliphatic rings. The number of hydrogen-bond donors (Lipinski definition) is 2. The lowest BCUT2D eigenvalue weighted by Crippen LogP contribution is -2.45. The molecule has 1 saturated heterocycles. The van der Waals surface area contributed by atoms with Crippen molar-refractivity contribution in [2.75, 3.05) is 31.6 Å². The highest BCUT2D eigenvalue weighted by molar-refractivity contribution is 9.10. The van der Waals surface area contributed by atoms with Crippen LogP contribution in [0.1, 0.15) is 30.1 Å². The van der Waals surface area contributed by atoms with E-state index in [1.165, 1.54) is 0 Å². The maximum absolute atomic E-state index is 12.5. The van der Waals surface area contributed by atoms with Gasteiger partial charge >= 0.3 is 0 Å². The number of halogens is 1. The lowest BCUT2D eigenvalue weighted by Gasteiger charge is -2.31. The van der Waals surface area contributed by atoms with Gasteiger partial charge in [-0.1, -0.05) is 12.1 Å². The van der Waals surface area contributed by atoms with Crippen molar-refractivity contribution in [3.63, 3.8) is 0 Å². The summed E-state index contributed by atoms with van der Waals surface area (Å²) in [5.74, 6) is 0.193. The first-order chi connectivity index (χ1) is 15.0. The molecule has 164 valence electrons. The normalized spacial score (nSPS) is 14.1. The van der Waals surface area contributed by atoms with E-state index >= 15 is 0 Å². The molecule has 3 rings (SSSR count). The number of hydrogen-bond acceptors (Lipinski definition) is 5. The minimum atomic E-state index is -0.353. The van der Waals surface area contributed by atoms with Gasteiger partial charge in [-0.25, -0.2) is 4.98 Å². The Balaban J connectivity index is 1.45. The quantitative estimate of drug-likeness (QED) is 0.623. The van der Waals surface area contributed by atoms with Crippen LogP contribution in [-0.4, -0.2) is 53.8 Å². The fourth-order valence-electron chi connectivity index (χ4n) is 3.37. The van der Waals surface area contributed by atoms with Gasteiger partial charge in [0.05, 0.1) is 18.7 Å². The number of benzene rings is 1. The van der Waals surface area contributed by atoms with Crippen molar-refractivity contribution in [3.05, 3.63) is 52.6 Å². The number of amides is 3. The van der Waals surface area contributed by atoms with Crippen molar-refractivity contribution in [2.45, 2.75) is 19.8 Å². The van der Waals surface area contributed by atoms with Crippen molar-refractivity contribution in [1.82, 2.24) is 15.2 Å². The lowest BCUT2D eigenvalue weighted by molar-refractivity contribution is -0.133. The molecule has 0 radical (unpaired) electrons. The lowest BCUT2D eigenvalue weighted by atomic mass is 9.96. The van der Waals surface area contributed by atoms with Crippen LogP contribution >= 0.6 is 15.9 Å². The van der Waals surface area contributed by atoms with Crippen LogP contribution in [0.25, 0.3) is 0 Å². The highest BCUT2D eigenvalue weighted by Gasteiger charge is 2.27. The van der Waals surface area contributed by atoms with E-state index in [9.17, 15) is 14.4 Å². The molecule has 2 aromatic rings. The molecule has 1 aliphatic heterocycles. The molecule has 9 heteroatoms. The molecule has 3 amide bonds. The third-order valence-electron chi connectivity index (χ3n) is 5.03. The highest BCUT2D eigenvalue weighted by atomic mass is 79.9. The molecule has 1 aromatic carbocycles. The molecule has 8 nitrogen and oxygen atoms in total. The first-order valence-corrected chi connectivity index (χ1v) is 11.0. The number of pyridine rings is 1. The Morgan fingerprint density at radius 1 is 1.16 bits per heavy atom. The van der Waals surface area contributed by atoms with Crippen molar-refractivity contribution in [1.29, 1.82) is 0 Å². The average Bonchev–Trinajstić information content (AvgIpc) is 2.79. The first kappa shape index (κ1) is 22.7. The minimum absolute atomic E-state index is 0.0947. The fourth-order valence-corrected chi connectivity index (χ4v) is 3.60. The van der Waals surface area contributed by atoms with Crippen LogP contribution in [0.3, 0.4) is 0 Å². The maximum atomic E-state index is 12.5. The van der Waals surface area contributed by atoms with E-state index < -0.39 is 0 Å². The Bertz CT molecular complexity index is 927. The topological polar surface area (TPSA) is 101 Å². The number of anilines is 1. The van der Waals surface area contributed by atoms with Gasteiger partial charge in [-0.2, -0.15) is 0 Å². The van der Waals surface area contributed by atoms with Crippen LogP contribution in [0.4, 0.5) is 5.82 Å². The maximum Gasteiger partial charge on any atom is 0.255 e. The van der Waals surface area contributed by atoms with E-state index in [4.69, 9.17) is 4.74 Å². The SMILES string of the molecule is CCOc1ccccc1C(=O)NCC(=O)N1CCC(C(=O)Nc2ccc(Br)cn2)CC1. The summed E-state index contributed by atoms with van der Waals surface area (Å²) in [7, 11) is 0. The smallest absolute Gasteiger partial charge is 0.255 e. The summed E-state index contributed by atoms with van der Waals surface area (Å²) in [6, 6.07) is 10.5. The predicted molar refractivity (Wildman–Crippen MR) is 120 cm³/mol. The molecule has 1 fully saturated rings. The molecular weight excluding hydrogens is 464 g/mol. The van der Waals surface area contributed by atoms with E-state index in [2.05, 4.69) is 31.5 Å². The summed E-state index contributed by atoms with van der Waals surface area (Å²) in [6.07, 6.45) is 2.75. The summed E-state index contributed by atoms with van der Waals surface area (Å²) >= 11 is 3.31. The van der Waals surface area contributed by atoms with Crippen LogP contribution in [-0.2, 0) is 9.59 Å². The van der Waals surface area contributed by atoms with E-state index in [0.29, 0.717) is 49.7 Å². The first-order valence-electron chi connectivity index (χ1n) is 10.2. The Morgan fingerprint density at radius 2 is 1.90 bits per heavy atom. The highest BCUT2D eigenvalue weighted by Crippen LogP contribution is 2.20. The number of likely N-dealkylation sites (tertiary alicyclic amines) is 1. The van der Waals surface area contributed by atoms with Crippen molar-refractivity contribution >= 4 is 39.5 Å². The van der Waals surface area contributed by atoms with Crippen LogP contribution in [0.15, 0.2) is 47.1 Å². The molecule has 0 aliphatic carbocycles. The number of ether oxygens (including phenoxy) is 1. The zero-order valence-corrected chi connectivity index (χ0v) is 18.9. The molecule has 0 saturated carbocycles. The van der Waals surface area contributed by atoms with Gasteiger partial charge in [0.2, 0.25) is 11.8 Å². The average molecular weight is 489 g/mol. The van der Waals surface area contributed by atoms with Crippen LogP contribution in [0.5, 0.6) is 5.75 Å². The molecule has 0 spiro atoms. The number of aromatic nitrogens is 1. The summed E-state index contributed by atoms with van der Waals surface area (Å²) in [4.78, 5) is 43.2. The largest absolute Gasteiger partial charge is 0.493 e. The molecule has 1 aromatic heterocycles. The Labute approximate surface area is 189 Å². The van der Waals surface area contributed by atoms with Gasteiger partial charge in [-0.3, -0.25) is 14.4 Å². The summed E-state index contributed by atoms with van der Waals surface area (Å²) in [6.45, 7) is 3.13. The Hall–Kier alpha value is -2.94. The second-order valence-corrected chi connectivity index (χ2v) is 8.03. The summed E-state index contributed by atoms with van der Waals surface area (Å²) in [5, 5.41) is 5.48. The standard InChI is InChI=1S/C22H25BrN4O4/c1-2-31-18-6-4-3-5-17(18)22(30)25-14-20(28)27-11-9-15(10-12-27)21(29)26-19-8-7-16(23)13-24-19/h3-8,13,15H,2,9-12,14H2,1H3,(H,25,30)(H,24,26,29). The van der Waals surface area contributed by atoms with Gasteiger partial charge < -0.3 is 20.3 Å². The van der Waals surface area contributed by atoms with Crippen molar-refractivity contribution in [3.8, 4) is 5.75 Å². The van der Waals surface area contributed by atoms with Crippen LogP contribution in [0.2, 0.25) is 0 Å². The molecule has 2 heterocycles. The van der Waals surface area contributed by atoms with Gasteiger partial charge in [-0.05, 0) is 60.0 Å². The zero-order valence-electron chi connectivity index (χ0n) is 17.3. The van der Waals surface area contributed by atoms with Gasteiger partial charge in [0.25, 0.3) is 5.91 Å². The third-order valence-corrected chi connectivity index (χ3v) is 5.50. The van der Waals surface area contributed by atoms with Gasteiger partial charge in [0.1, 0.15) is 11.6 Å². The monoisotopic (exact) mass is 488 g/mol. The van der Waals surface area contributed by atoms with E-state index in [-0.39, 0.29) is 30.2 Å². The Kier molecular flexibility index (Phi) is 8.00. The molecule has 2 N–H and O–H groups in total. The second kappa shape index (κ2) is 10.9. The van der Waals surface area contributed by atoms with E-state index in [0.717, 1.165) is 4.47 Å². The fraction of sp³-hybridized carbons (Fsp3) is 0.364. The van der Waals surface area contributed by atoms with Crippen molar-refractivity contribution in [2.24, 2.45) is 5.92 Å². The molecule has 0 atom stereocenters. The van der Waals surface area contributed by atoms with E-state index in [1.807, 2.05) is 13.0 Å². The Morgan fingerprint density at radius 3 is 2.58 bits per heavy atom. The molecule has 0 unspecified atom stereocenters.